The SMILES string of the molecule is CCOc1cc(/C=N\NC(=O)c2ccc3c(c2)OCCO3)cc(Cl)c1O. The summed E-state index contributed by atoms with van der Waals surface area (Å²) in [4.78, 5) is 12.2. The number of benzene rings is 2. The van der Waals surface area contributed by atoms with E-state index in [0.717, 1.165) is 0 Å². The van der Waals surface area contributed by atoms with E-state index in [4.69, 9.17) is 25.8 Å². The monoisotopic (exact) mass is 376 g/mol. The van der Waals surface area contributed by atoms with E-state index in [2.05, 4.69) is 10.5 Å². The molecule has 0 bridgehead atoms. The Balaban J connectivity index is 1.69. The summed E-state index contributed by atoms with van der Waals surface area (Å²) in [5.41, 5.74) is 3.39. The molecule has 0 unspecified atom stereocenters. The molecule has 2 aromatic rings. The molecule has 0 fully saturated rings. The van der Waals surface area contributed by atoms with Crippen LogP contribution in [0, 0.1) is 0 Å². The lowest BCUT2D eigenvalue weighted by atomic mass is 10.2. The molecule has 1 amide bonds. The molecular weight excluding hydrogens is 360 g/mol. The number of hydrogen-bond donors (Lipinski definition) is 2. The molecule has 0 saturated heterocycles. The fourth-order valence-electron chi connectivity index (χ4n) is 2.35. The van der Waals surface area contributed by atoms with Gasteiger partial charge < -0.3 is 19.3 Å². The lowest BCUT2D eigenvalue weighted by Gasteiger charge is -2.18. The summed E-state index contributed by atoms with van der Waals surface area (Å²) >= 11 is 5.95. The molecule has 136 valence electrons. The Bertz CT molecular complexity index is 854. The number of carbonyl (C=O) groups is 1. The summed E-state index contributed by atoms with van der Waals surface area (Å²) in [6, 6.07) is 8.00. The van der Waals surface area contributed by atoms with Gasteiger partial charge >= 0.3 is 0 Å². The van der Waals surface area contributed by atoms with Gasteiger partial charge in [-0.25, -0.2) is 5.43 Å². The van der Waals surface area contributed by atoms with Crippen LogP contribution in [0.15, 0.2) is 35.4 Å². The fourth-order valence-corrected chi connectivity index (χ4v) is 2.57. The van der Waals surface area contributed by atoms with Crippen molar-refractivity contribution in [1.82, 2.24) is 5.43 Å². The Labute approximate surface area is 155 Å². The molecule has 2 N–H and O–H groups in total. The van der Waals surface area contributed by atoms with Crippen LogP contribution < -0.4 is 19.6 Å². The molecule has 0 spiro atoms. The first-order valence-electron chi connectivity index (χ1n) is 7.97. The van der Waals surface area contributed by atoms with Gasteiger partial charge in [-0.1, -0.05) is 11.6 Å². The predicted molar refractivity (Wildman–Crippen MR) is 96.8 cm³/mol. The normalized spacial score (nSPS) is 12.8. The zero-order valence-electron chi connectivity index (χ0n) is 14.0. The maximum absolute atomic E-state index is 12.2. The van der Waals surface area contributed by atoms with E-state index in [-0.39, 0.29) is 16.5 Å². The summed E-state index contributed by atoms with van der Waals surface area (Å²) in [7, 11) is 0. The second-order valence-corrected chi connectivity index (χ2v) is 5.75. The molecule has 3 rings (SSSR count). The zero-order valence-corrected chi connectivity index (χ0v) is 14.7. The number of halogens is 1. The average molecular weight is 377 g/mol. The molecule has 2 aromatic carbocycles. The summed E-state index contributed by atoms with van der Waals surface area (Å²) < 4.78 is 16.2. The molecule has 26 heavy (non-hydrogen) atoms. The molecule has 1 heterocycles. The number of phenolic OH excluding ortho intramolecular Hbond substituents is 1. The third-order valence-corrected chi connectivity index (χ3v) is 3.82. The van der Waals surface area contributed by atoms with Crippen LogP contribution in [0.3, 0.4) is 0 Å². The Morgan fingerprint density at radius 3 is 2.85 bits per heavy atom. The minimum absolute atomic E-state index is 0.133. The highest BCUT2D eigenvalue weighted by Gasteiger charge is 2.14. The van der Waals surface area contributed by atoms with E-state index in [1.807, 2.05) is 0 Å². The largest absolute Gasteiger partial charge is 0.503 e. The van der Waals surface area contributed by atoms with Gasteiger partial charge in [-0.05, 0) is 42.8 Å². The van der Waals surface area contributed by atoms with Gasteiger partial charge in [0.2, 0.25) is 0 Å². The van der Waals surface area contributed by atoms with Crippen LogP contribution in [0.25, 0.3) is 0 Å². The van der Waals surface area contributed by atoms with Gasteiger partial charge in [-0.3, -0.25) is 4.79 Å². The minimum atomic E-state index is -0.395. The number of aromatic hydroxyl groups is 1. The van der Waals surface area contributed by atoms with Gasteiger partial charge in [0.05, 0.1) is 17.8 Å². The van der Waals surface area contributed by atoms with Crippen LogP contribution in [0.2, 0.25) is 5.02 Å². The first kappa shape index (κ1) is 17.9. The Kier molecular flexibility index (Phi) is 5.48. The van der Waals surface area contributed by atoms with E-state index in [1.54, 1.807) is 31.2 Å². The highest BCUT2D eigenvalue weighted by atomic mass is 35.5. The lowest BCUT2D eigenvalue weighted by Crippen LogP contribution is -2.19. The third-order valence-electron chi connectivity index (χ3n) is 3.53. The molecular formula is C18H17ClN2O5. The fraction of sp³-hybridized carbons (Fsp3) is 0.222. The number of phenols is 1. The van der Waals surface area contributed by atoms with Crippen molar-refractivity contribution in [1.29, 1.82) is 0 Å². The average Bonchev–Trinajstić information content (AvgIpc) is 2.65. The molecule has 7 nitrogen and oxygen atoms in total. The van der Waals surface area contributed by atoms with E-state index >= 15 is 0 Å². The number of fused-ring (bicyclic) bond motifs is 1. The van der Waals surface area contributed by atoms with Crippen molar-refractivity contribution >= 4 is 23.7 Å². The van der Waals surface area contributed by atoms with Crippen LogP contribution in [0.4, 0.5) is 0 Å². The summed E-state index contributed by atoms with van der Waals surface area (Å²) in [6.07, 6.45) is 1.41. The molecule has 0 aliphatic carbocycles. The summed E-state index contributed by atoms with van der Waals surface area (Å²) in [5, 5.41) is 13.9. The second-order valence-electron chi connectivity index (χ2n) is 5.34. The zero-order chi connectivity index (χ0) is 18.5. The summed E-state index contributed by atoms with van der Waals surface area (Å²) in [6.45, 7) is 3.11. The quantitative estimate of drug-likeness (QED) is 0.618. The minimum Gasteiger partial charge on any atom is -0.503 e. The van der Waals surface area contributed by atoms with Gasteiger partial charge in [0, 0.05) is 5.56 Å². The standard InChI is InChI=1S/C18H17ClN2O5/c1-2-24-16-8-11(7-13(19)17(16)22)10-20-21-18(23)12-3-4-14-15(9-12)26-6-5-25-14/h3-4,7-10,22H,2,5-6H2,1H3,(H,21,23)/b20-10-. The molecule has 0 aromatic heterocycles. The van der Waals surface area contributed by atoms with Gasteiger partial charge in [-0.2, -0.15) is 5.10 Å². The number of rotatable bonds is 5. The predicted octanol–water partition coefficient (Wildman–Crippen LogP) is 2.98. The Morgan fingerprint density at radius 2 is 2.08 bits per heavy atom. The van der Waals surface area contributed by atoms with Crippen molar-refractivity contribution in [2.75, 3.05) is 19.8 Å². The van der Waals surface area contributed by atoms with Crippen LogP contribution in [-0.4, -0.2) is 37.0 Å². The lowest BCUT2D eigenvalue weighted by molar-refractivity contribution is 0.0954. The van der Waals surface area contributed by atoms with E-state index in [9.17, 15) is 9.90 Å². The number of hydrogen-bond acceptors (Lipinski definition) is 6. The van der Waals surface area contributed by atoms with Crippen molar-refractivity contribution in [2.45, 2.75) is 6.92 Å². The van der Waals surface area contributed by atoms with Gasteiger partial charge in [0.1, 0.15) is 13.2 Å². The number of nitrogens with one attached hydrogen (secondary N) is 1. The highest BCUT2D eigenvalue weighted by Crippen LogP contribution is 2.34. The smallest absolute Gasteiger partial charge is 0.271 e. The second kappa shape index (κ2) is 7.97. The van der Waals surface area contributed by atoms with E-state index < -0.39 is 5.91 Å². The Morgan fingerprint density at radius 1 is 1.31 bits per heavy atom. The van der Waals surface area contributed by atoms with E-state index in [1.165, 1.54) is 12.3 Å². The van der Waals surface area contributed by atoms with Crippen molar-refractivity contribution in [2.24, 2.45) is 5.10 Å². The van der Waals surface area contributed by atoms with Crippen molar-refractivity contribution in [3.8, 4) is 23.0 Å². The van der Waals surface area contributed by atoms with Gasteiger partial charge in [0.25, 0.3) is 5.91 Å². The first-order valence-corrected chi connectivity index (χ1v) is 8.34. The number of nitrogens with zero attached hydrogens (tertiary/aromatic N) is 1. The van der Waals surface area contributed by atoms with E-state index in [0.29, 0.717) is 42.4 Å². The number of ether oxygens (including phenoxy) is 3. The van der Waals surface area contributed by atoms with Crippen LogP contribution >= 0.6 is 11.6 Å². The molecule has 0 radical (unpaired) electrons. The van der Waals surface area contributed by atoms with Crippen molar-refractivity contribution in [3.63, 3.8) is 0 Å². The number of carbonyl (C=O) groups excluding carboxylic acids is 1. The first-order chi connectivity index (χ1) is 12.6. The molecule has 1 aliphatic rings. The molecule has 0 saturated carbocycles. The molecule has 1 aliphatic heterocycles. The van der Waals surface area contributed by atoms with Crippen LogP contribution in [0.1, 0.15) is 22.8 Å². The Hall–Kier alpha value is -2.93. The van der Waals surface area contributed by atoms with Crippen molar-refractivity contribution in [3.05, 3.63) is 46.5 Å². The topological polar surface area (TPSA) is 89.4 Å². The summed E-state index contributed by atoms with van der Waals surface area (Å²) in [5.74, 6) is 0.858. The third kappa shape index (κ3) is 4.00. The van der Waals surface area contributed by atoms with Gasteiger partial charge in [0.15, 0.2) is 23.0 Å². The highest BCUT2D eigenvalue weighted by molar-refractivity contribution is 6.32. The molecule has 8 heteroatoms. The number of hydrazone groups is 1. The maximum Gasteiger partial charge on any atom is 0.271 e. The number of amides is 1. The molecule has 0 atom stereocenters. The van der Waals surface area contributed by atoms with Gasteiger partial charge in [-0.15, -0.1) is 0 Å². The van der Waals surface area contributed by atoms with Crippen molar-refractivity contribution < 1.29 is 24.1 Å². The van der Waals surface area contributed by atoms with Crippen LogP contribution in [0.5, 0.6) is 23.0 Å². The maximum atomic E-state index is 12.2. The van der Waals surface area contributed by atoms with Crippen LogP contribution in [-0.2, 0) is 0 Å².